The van der Waals surface area contributed by atoms with Crippen LogP contribution >= 0.6 is 0 Å². The van der Waals surface area contributed by atoms with Crippen LogP contribution < -0.4 is 15.8 Å². The molecule has 2 aromatic carbocycles. The van der Waals surface area contributed by atoms with Crippen molar-refractivity contribution in [1.29, 1.82) is 0 Å². The molecule has 2 aromatic rings. The van der Waals surface area contributed by atoms with E-state index in [9.17, 15) is 0 Å². The summed E-state index contributed by atoms with van der Waals surface area (Å²) in [7, 11) is 1.70. The maximum atomic E-state index is 5.96. The average molecular weight is 270 g/mol. The number of nitrogens with two attached hydrogens (primary N) is 1. The number of nitrogens with one attached hydrogen (secondary N) is 1. The number of benzene rings is 2. The van der Waals surface area contributed by atoms with Crippen LogP contribution in [0.1, 0.15) is 18.0 Å². The van der Waals surface area contributed by atoms with E-state index < -0.39 is 0 Å². The van der Waals surface area contributed by atoms with Gasteiger partial charge in [0.15, 0.2) is 0 Å². The van der Waals surface area contributed by atoms with Crippen LogP contribution in [0.4, 0.5) is 0 Å². The molecule has 1 atom stereocenters. The van der Waals surface area contributed by atoms with Gasteiger partial charge < -0.3 is 15.8 Å². The predicted octanol–water partition coefficient (Wildman–Crippen LogP) is 3.01. The van der Waals surface area contributed by atoms with Gasteiger partial charge in [-0.15, -0.1) is 6.58 Å². The van der Waals surface area contributed by atoms with Crippen LogP contribution in [0.25, 0.3) is 10.8 Å². The molecule has 0 spiro atoms. The van der Waals surface area contributed by atoms with E-state index >= 15 is 0 Å². The fourth-order valence-electron chi connectivity index (χ4n) is 2.48. The molecule has 0 saturated carbocycles. The monoisotopic (exact) mass is 270 g/mol. The SMILES string of the molecule is C=CCCNC(CN)c1c(OC)ccc2ccccc12. The third kappa shape index (κ3) is 3.00. The van der Waals surface area contributed by atoms with Gasteiger partial charge in [-0.05, 0) is 29.8 Å². The quantitative estimate of drug-likeness (QED) is 0.600. The van der Waals surface area contributed by atoms with Crippen LogP contribution in [-0.4, -0.2) is 20.2 Å². The summed E-state index contributed by atoms with van der Waals surface area (Å²) in [6.45, 7) is 5.13. The van der Waals surface area contributed by atoms with Gasteiger partial charge in [0.1, 0.15) is 5.75 Å². The maximum absolute atomic E-state index is 5.96. The van der Waals surface area contributed by atoms with Crippen molar-refractivity contribution in [1.82, 2.24) is 5.32 Å². The molecule has 2 rings (SSSR count). The summed E-state index contributed by atoms with van der Waals surface area (Å²) >= 11 is 0. The Balaban J connectivity index is 2.45. The highest BCUT2D eigenvalue weighted by Crippen LogP contribution is 2.32. The van der Waals surface area contributed by atoms with Gasteiger partial charge in [-0.3, -0.25) is 0 Å². The Hall–Kier alpha value is -1.84. The lowest BCUT2D eigenvalue weighted by Gasteiger charge is -2.21. The van der Waals surface area contributed by atoms with Gasteiger partial charge in [0.25, 0.3) is 0 Å². The summed E-state index contributed by atoms with van der Waals surface area (Å²) in [4.78, 5) is 0. The smallest absolute Gasteiger partial charge is 0.124 e. The maximum Gasteiger partial charge on any atom is 0.124 e. The van der Waals surface area contributed by atoms with E-state index in [1.807, 2.05) is 24.3 Å². The van der Waals surface area contributed by atoms with Crippen LogP contribution in [0.3, 0.4) is 0 Å². The van der Waals surface area contributed by atoms with E-state index in [4.69, 9.17) is 10.5 Å². The Morgan fingerprint density at radius 3 is 2.80 bits per heavy atom. The molecule has 0 bridgehead atoms. The van der Waals surface area contributed by atoms with Crippen LogP contribution in [0, 0.1) is 0 Å². The highest BCUT2D eigenvalue weighted by molar-refractivity contribution is 5.88. The zero-order valence-corrected chi connectivity index (χ0v) is 11.9. The lowest BCUT2D eigenvalue weighted by molar-refractivity contribution is 0.401. The summed E-state index contributed by atoms with van der Waals surface area (Å²) in [6, 6.07) is 12.5. The Labute approximate surface area is 120 Å². The summed E-state index contributed by atoms with van der Waals surface area (Å²) in [6.07, 6.45) is 2.82. The van der Waals surface area contributed by atoms with Crippen molar-refractivity contribution in [2.75, 3.05) is 20.2 Å². The second-order valence-corrected chi connectivity index (χ2v) is 4.72. The summed E-state index contributed by atoms with van der Waals surface area (Å²) in [5.41, 5.74) is 7.09. The van der Waals surface area contributed by atoms with Crippen LogP contribution in [0.5, 0.6) is 5.75 Å². The van der Waals surface area contributed by atoms with E-state index in [1.165, 1.54) is 10.8 Å². The van der Waals surface area contributed by atoms with E-state index in [0.29, 0.717) is 6.54 Å². The van der Waals surface area contributed by atoms with Gasteiger partial charge in [-0.25, -0.2) is 0 Å². The fraction of sp³-hybridized carbons (Fsp3) is 0.294. The first-order valence-electron chi connectivity index (χ1n) is 6.91. The largest absolute Gasteiger partial charge is 0.496 e. The van der Waals surface area contributed by atoms with Crippen molar-refractivity contribution >= 4 is 10.8 Å². The Bertz CT molecular complexity index is 580. The van der Waals surface area contributed by atoms with Crippen molar-refractivity contribution in [3.63, 3.8) is 0 Å². The summed E-state index contributed by atoms with van der Waals surface area (Å²) in [5, 5.41) is 5.87. The van der Waals surface area contributed by atoms with Crippen LogP contribution in [-0.2, 0) is 0 Å². The lowest BCUT2D eigenvalue weighted by atomic mass is 9.97. The van der Waals surface area contributed by atoms with E-state index in [0.717, 1.165) is 24.3 Å². The van der Waals surface area contributed by atoms with Gasteiger partial charge >= 0.3 is 0 Å². The zero-order chi connectivity index (χ0) is 14.4. The topological polar surface area (TPSA) is 47.3 Å². The number of methoxy groups -OCH3 is 1. The van der Waals surface area contributed by atoms with Gasteiger partial charge in [0, 0.05) is 18.2 Å². The highest BCUT2D eigenvalue weighted by Gasteiger charge is 2.17. The molecule has 0 aromatic heterocycles. The fourth-order valence-corrected chi connectivity index (χ4v) is 2.48. The molecule has 0 fully saturated rings. The third-order valence-corrected chi connectivity index (χ3v) is 3.47. The molecule has 0 amide bonds. The molecule has 0 aliphatic heterocycles. The molecule has 1 unspecified atom stereocenters. The number of hydrogen-bond acceptors (Lipinski definition) is 3. The molecule has 0 aliphatic carbocycles. The van der Waals surface area contributed by atoms with E-state index in [-0.39, 0.29) is 6.04 Å². The van der Waals surface area contributed by atoms with Gasteiger partial charge in [-0.1, -0.05) is 36.4 Å². The van der Waals surface area contributed by atoms with Crippen LogP contribution in [0.15, 0.2) is 49.1 Å². The van der Waals surface area contributed by atoms with Crippen molar-refractivity contribution in [3.8, 4) is 5.75 Å². The molecule has 0 saturated heterocycles. The van der Waals surface area contributed by atoms with Crippen LogP contribution in [0.2, 0.25) is 0 Å². The highest BCUT2D eigenvalue weighted by atomic mass is 16.5. The van der Waals surface area contributed by atoms with Crippen molar-refractivity contribution in [2.24, 2.45) is 5.73 Å². The molecular weight excluding hydrogens is 248 g/mol. The minimum Gasteiger partial charge on any atom is -0.496 e. The normalized spacial score (nSPS) is 12.3. The molecule has 3 N–H and O–H groups in total. The Morgan fingerprint density at radius 2 is 2.10 bits per heavy atom. The molecule has 0 aliphatic rings. The first kappa shape index (κ1) is 14.6. The van der Waals surface area contributed by atoms with Gasteiger partial charge in [-0.2, -0.15) is 0 Å². The van der Waals surface area contributed by atoms with E-state index in [2.05, 4.69) is 30.1 Å². The van der Waals surface area contributed by atoms with Gasteiger partial charge in [0.05, 0.1) is 7.11 Å². The minimum absolute atomic E-state index is 0.0796. The first-order chi connectivity index (χ1) is 9.81. The molecule has 106 valence electrons. The Kier molecular flexibility index (Phi) is 5.16. The average Bonchev–Trinajstić information content (AvgIpc) is 2.51. The van der Waals surface area contributed by atoms with Crippen molar-refractivity contribution in [2.45, 2.75) is 12.5 Å². The summed E-state index contributed by atoms with van der Waals surface area (Å²) < 4.78 is 5.53. The standard InChI is InChI=1S/C17H22N2O/c1-3-4-11-19-15(12-18)17-14-8-6-5-7-13(14)9-10-16(17)20-2/h3,5-10,15,19H,1,4,11-12,18H2,2H3. The molecule has 3 heteroatoms. The lowest BCUT2D eigenvalue weighted by Crippen LogP contribution is -2.29. The van der Waals surface area contributed by atoms with E-state index in [1.54, 1.807) is 7.11 Å². The number of fused-ring (bicyclic) bond motifs is 1. The molecule has 3 nitrogen and oxygen atoms in total. The van der Waals surface area contributed by atoms with Crippen molar-refractivity contribution in [3.05, 3.63) is 54.6 Å². The second-order valence-electron chi connectivity index (χ2n) is 4.72. The number of ether oxygens (including phenoxy) is 1. The zero-order valence-electron chi connectivity index (χ0n) is 11.9. The number of hydrogen-bond donors (Lipinski definition) is 2. The first-order valence-corrected chi connectivity index (χ1v) is 6.91. The molecule has 20 heavy (non-hydrogen) atoms. The third-order valence-electron chi connectivity index (χ3n) is 3.47. The van der Waals surface area contributed by atoms with Crippen molar-refractivity contribution < 1.29 is 4.74 Å². The number of rotatable bonds is 7. The predicted molar refractivity (Wildman–Crippen MR) is 85.1 cm³/mol. The molecule has 0 radical (unpaired) electrons. The Morgan fingerprint density at radius 1 is 1.30 bits per heavy atom. The minimum atomic E-state index is 0.0796. The van der Waals surface area contributed by atoms with Gasteiger partial charge in [0.2, 0.25) is 0 Å². The molecule has 0 heterocycles. The molecular formula is C17H22N2O. The second kappa shape index (κ2) is 7.08. The summed E-state index contributed by atoms with van der Waals surface area (Å²) in [5.74, 6) is 0.880.